The van der Waals surface area contributed by atoms with Crippen molar-refractivity contribution in [2.24, 2.45) is 0 Å². The Morgan fingerprint density at radius 1 is 1.14 bits per heavy atom. The van der Waals surface area contributed by atoms with Gasteiger partial charge in [-0.25, -0.2) is 4.98 Å². The molecular weight excluding hydrogens is 205 g/mol. The number of hydrogen-bond donors (Lipinski definition) is 1. The van der Waals surface area contributed by atoms with Gasteiger partial charge in [0.05, 0.1) is 11.9 Å². The molecule has 1 N–H and O–H groups in total. The molecule has 2 aromatic rings. The summed E-state index contributed by atoms with van der Waals surface area (Å²) in [6.45, 7) is 0. The summed E-state index contributed by atoms with van der Waals surface area (Å²) in [5, 5.41) is 6.46. The number of H-pyrrole nitrogens is 1. The monoisotopic (exact) mass is 212 g/mol. The van der Waals surface area contributed by atoms with Crippen molar-refractivity contribution in [3.05, 3.63) is 41.3 Å². The average molecular weight is 212 g/mol. The number of aromatic amines is 1. The van der Waals surface area contributed by atoms with Gasteiger partial charge in [0.2, 0.25) is 4.77 Å². The van der Waals surface area contributed by atoms with E-state index in [1.807, 2.05) is 30.3 Å². The molecule has 0 fully saturated rings. The van der Waals surface area contributed by atoms with Crippen LogP contribution in [0.25, 0.3) is 11.3 Å². The summed E-state index contributed by atoms with van der Waals surface area (Å²) in [6.07, 6.45) is 1.66. The van der Waals surface area contributed by atoms with Crippen molar-refractivity contribution in [1.29, 1.82) is 0 Å². The molecule has 14 heavy (non-hydrogen) atoms. The quantitative estimate of drug-likeness (QED) is 0.579. The van der Waals surface area contributed by atoms with Crippen molar-refractivity contribution in [2.45, 2.75) is 0 Å². The molecule has 0 aliphatic heterocycles. The maximum Gasteiger partial charge on any atom is 0.214 e. The molecule has 1 aromatic heterocycles. The largest absolute Gasteiger partial charge is 0.252 e. The first-order chi connectivity index (χ1) is 6.36. The van der Waals surface area contributed by atoms with Gasteiger partial charge in [0.15, 0.2) is 0 Å². The Kier molecular flexibility index (Phi) is 4.41. The number of rotatable bonds is 1. The van der Waals surface area contributed by atoms with Gasteiger partial charge in [0.1, 0.15) is 0 Å². The van der Waals surface area contributed by atoms with Crippen LogP contribution in [0.3, 0.4) is 0 Å². The van der Waals surface area contributed by atoms with Crippen LogP contribution in [0.15, 0.2) is 36.5 Å². The Labute approximate surface area is 109 Å². The van der Waals surface area contributed by atoms with Crippen LogP contribution in [0.4, 0.5) is 0 Å². The number of hydrogen-bond acceptors (Lipinski definition) is 3. The molecule has 65 valence electrons. The fraction of sp³-hybridized carbons (Fsp3) is 0. The van der Waals surface area contributed by atoms with E-state index in [0.29, 0.717) is 4.77 Å². The van der Waals surface area contributed by atoms with Crippen LogP contribution in [0, 0.1) is 4.77 Å². The van der Waals surface area contributed by atoms with E-state index in [1.54, 1.807) is 6.20 Å². The standard InChI is InChI=1S/C9H7N3S.Na/c13-9-11-8(6-10-12-9)7-4-2-1-3-5-7;/h1-6H,(H,11,12,13);. The third-order valence-electron chi connectivity index (χ3n) is 1.64. The van der Waals surface area contributed by atoms with Crippen LogP contribution < -0.4 is 0 Å². The minimum absolute atomic E-state index is 0. The van der Waals surface area contributed by atoms with E-state index in [0.717, 1.165) is 11.3 Å². The summed E-state index contributed by atoms with van der Waals surface area (Å²) in [6, 6.07) is 9.81. The molecule has 2 rings (SSSR count). The maximum atomic E-state index is 4.87. The summed E-state index contributed by atoms with van der Waals surface area (Å²) in [5.41, 5.74) is 1.82. The molecule has 3 nitrogen and oxygen atoms in total. The number of nitrogens with one attached hydrogen (secondary N) is 1. The second kappa shape index (κ2) is 5.36. The molecule has 0 atom stereocenters. The normalized spacial score (nSPS) is 9.14. The smallest absolute Gasteiger partial charge is 0.214 e. The topological polar surface area (TPSA) is 41.6 Å². The predicted molar refractivity (Wildman–Crippen MR) is 58.4 cm³/mol. The van der Waals surface area contributed by atoms with Crippen molar-refractivity contribution in [1.82, 2.24) is 15.2 Å². The third kappa shape index (κ3) is 2.72. The van der Waals surface area contributed by atoms with Crippen LogP contribution in [-0.2, 0) is 0 Å². The zero-order chi connectivity index (χ0) is 9.10. The van der Waals surface area contributed by atoms with Gasteiger partial charge in [-0.2, -0.15) is 5.10 Å². The Bertz CT molecular complexity index is 455. The third-order valence-corrected chi connectivity index (χ3v) is 1.82. The number of nitrogens with zero attached hydrogens (tertiary/aromatic N) is 2. The van der Waals surface area contributed by atoms with E-state index >= 15 is 0 Å². The van der Waals surface area contributed by atoms with Crippen LogP contribution in [0.1, 0.15) is 0 Å². The van der Waals surface area contributed by atoms with Gasteiger partial charge in [-0.05, 0) is 12.2 Å². The molecule has 1 radical (unpaired) electrons. The number of aromatic nitrogens is 3. The Morgan fingerprint density at radius 3 is 2.50 bits per heavy atom. The SMILES string of the molecule is S=c1nc(-c2ccccc2)cn[nH]1.[Na]. The minimum atomic E-state index is 0. The predicted octanol–water partition coefficient (Wildman–Crippen LogP) is 1.82. The van der Waals surface area contributed by atoms with Gasteiger partial charge < -0.3 is 0 Å². The zero-order valence-electron chi connectivity index (χ0n) is 7.77. The molecular formula is C9H7N3NaS. The van der Waals surface area contributed by atoms with Gasteiger partial charge in [0.25, 0.3) is 0 Å². The molecule has 0 unspecified atom stereocenters. The molecule has 0 aliphatic carbocycles. The van der Waals surface area contributed by atoms with Crippen molar-refractivity contribution in [3.8, 4) is 11.3 Å². The summed E-state index contributed by atoms with van der Waals surface area (Å²) in [4.78, 5) is 4.14. The molecule has 1 heterocycles. The first-order valence-electron chi connectivity index (χ1n) is 3.83. The van der Waals surface area contributed by atoms with Crippen LogP contribution in [-0.4, -0.2) is 44.7 Å². The summed E-state index contributed by atoms with van der Waals surface area (Å²) < 4.78 is 0.404. The summed E-state index contributed by atoms with van der Waals surface area (Å²) in [7, 11) is 0. The van der Waals surface area contributed by atoms with Crippen molar-refractivity contribution < 1.29 is 0 Å². The summed E-state index contributed by atoms with van der Waals surface area (Å²) >= 11 is 4.87. The van der Waals surface area contributed by atoms with Gasteiger partial charge in [-0.15, -0.1) is 0 Å². The van der Waals surface area contributed by atoms with Crippen molar-refractivity contribution in [3.63, 3.8) is 0 Å². The first kappa shape index (κ1) is 11.5. The van der Waals surface area contributed by atoms with Crippen molar-refractivity contribution in [2.75, 3.05) is 0 Å². The summed E-state index contributed by atoms with van der Waals surface area (Å²) in [5.74, 6) is 0. The van der Waals surface area contributed by atoms with E-state index in [4.69, 9.17) is 12.2 Å². The zero-order valence-corrected chi connectivity index (χ0v) is 10.6. The Morgan fingerprint density at radius 2 is 1.86 bits per heavy atom. The van der Waals surface area contributed by atoms with Gasteiger partial charge >= 0.3 is 0 Å². The van der Waals surface area contributed by atoms with Gasteiger partial charge in [0, 0.05) is 35.1 Å². The van der Waals surface area contributed by atoms with E-state index in [9.17, 15) is 0 Å². The minimum Gasteiger partial charge on any atom is -0.252 e. The fourth-order valence-corrected chi connectivity index (χ4v) is 1.21. The van der Waals surface area contributed by atoms with Crippen LogP contribution in [0.5, 0.6) is 0 Å². The molecule has 1 aromatic carbocycles. The molecule has 0 spiro atoms. The number of benzene rings is 1. The Balaban J connectivity index is 0.000000980. The molecule has 0 amide bonds. The molecule has 0 saturated carbocycles. The van der Waals surface area contributed by atoms with Gasteiger partial charge in [-0.3, -0.25) is 5.10 Å². The fourth-order valence-electron chi connectivity index (χ4n) is 1.06. The second-order valence-corrected chi connectivity index (χ2v) is 2.92. The van der Waals surface area contributed by atoms with E-state index in [2.05, 4.69) is 15.2 Å². The van der Waals surface area contributed by atoms with E-state index in [-0.39, 0.29) is 29.6 Å². The maximum absolute atomic E-state index is 4.87. The average Bonchev–Trinajstić information content (AvgIpc) is 2.19. The van der Waals surface area contributed by atoms with Crippen LogP contribution >= 0.6 is 12.2 Å². The van der Waals surface area contributed by atoms with Crippen LogP contribution in [0.2, 0.25) is 0 Å². The molecule has 0 aliphatic rings. The van der Waals surface area contributed by atoms with Crippen molar-refractivity contribution >= 4 is 41.8 Å². The second-order valence-electron chi connectivity index (χ2n) is 2.54. The molecule has 5 heteroatoms. The Hall–Kier alpha value is -0.550. The molecule has 0 bridgehead atoms. The van der Waals surface area contributed by atoms with E-state index < -0.39 is 0 Å². The van der Waals surface area contributed by atoms with E-state index in [1.165, 1.54) is 0 Å². The molecule has 0 saturated heterocycles. The van der Waals surface area contributed by atoms with Gasteiger partial charge in [-0.1, -0.05) is 30.3 Å². The first-order valence-corrected chi connectivity index (χ1v) is 4.24.